The summed E-state index contributed by atoms with van der Waals surface area (Å²) in [6.07, 6.45) is 0.917. The molecule has 1 unspecified atom stereocenters. The minimum absolute atomic E-state index is 0.518. The third-order valence-corrected chi connectivity index (χ3v) is 4.39. The van der Waals surface area contributed by atoms with E-state index < -0.39 is 0 Å². The summed E-state index contributed by atoms with van der Waals surface area (Å²) in [6, 6.07) is 5.84. The van der Waals surface area contributed by atoms with Crippen LogP contribution in [0.2, 0.25) is 0 Å². The van der Waals surface area contributed by atoms with E-state index in [0.717, 1.165) is 21.2 Å². The van der Waals surface area contributed by atoms with Gasteiger partial charge in [-0.2, -0.15) is 0 Å². The SMILES string of the molecule is CC(C)C(C)Sc1ccc(Br)cc1C=O. The number of rotatable bonds is 4. The van der Waals surface area contributed by atoms with Crippen molar-refractivity contribution in [2.75, 3.05) is 0 Å². The molecule has 82 valence electrons. The number of aldehydes is 1. The maximum absolute atomic E-state index is 10.9. The average Bonchev–Trinajstić information content (AvgIpc) is 2.20. The van der Waals surface area contributed by atoms with E-state index in [1.807, 2.05) is 18.2 Å². The van der Waals surface area contributed by atoms with E-state index in [4.69, 9.17) is 0 Å². The Bertz CT molecular complexity index is 349. The van der Waals surface area contributed by atoms with Crippen LogP contribution in [0.15, 0.2) is 27.6 Å². The van der Waals surface area contributed by atoms with Gasteiger partial charge in [-0.05, 0) is 24.1 Å². The largest absolute Gasteiger partial charge is 0.298 e. The fourth-order valence-corrected chi connectivity index (χ4v) is 2.50. The molecule has 3 heteroatoms. The molecule has 0 radical (unpaired) electrons. The lowest BCUT2D eigenvalue weighted by molar-refractivity contribution is 0.112. The smallest absolute Gasteiger partial charge is 0.151 e. The van der Waals surface area contributed by atoms with Gasteiger partial charge in [-0.3, -0.25) is 4.79 Å². The molecule has 0 saturated carbocycles. The van der Waals surface area contributed by atoms with Crippen LogP contribution in [0.25, 0.3) is 0 Å². The van der Waals surface area contributed by atoms with Gasteiger partial charge in [0.05, 0.1) is 0 Å². The summed E-state index contributed by atoms with van der Waals surface area (Å²) in [5.74, 6) is 0.609. The van der Waals surface area contributed by atoms with Crippen molar-refractivity contribution in [3.63, 3.8) is 0 Å². The van der Waals surface area contributed by atoms with Crippen molar-refractivity contribution in [2.45, 2.75) is 30.9 Å². The van der Waals surface area contributed by atoms with Gasteiger partial charge >= 0.3 is 0 Å². The highest BCUT2D eigenvalue weighted by atomic mass is 79.9. The Hall–Kier alpha value is -0.280. The molecule has 1 rings (SSSR count). The molecule has 15 heavy (non-hydrogen) atoms. The van der Waals surface area contributed by atoms with Gasteiger partial charge in [-0.25, -0.2) is 0 Å². The van der Waals surface area contributed by atoms with Crippen molar-refractivity contribution >= 4 is 34.0 Å². The van der Waals surface area contributed by atoms with Crippen molar-refractivity contribution in [2.24, 2.45) is 5.92 Å². The third-order valence-electron chi connectivity index (χ3n) is 2.35. The van der Waals surface area contributed by atoms with Crippen LogP contribution in [0.3, 0.4) is 0 Å². The number of hydrogen-bond donors (Lipinski definition) is 0. The van der Waals surface area contributed by atoms with E-state index >= 15 is 0 Å². The molecule has 0 saturated heterocycles. The fraction of sp³-hybridized carbons (Fsp3) is 0.417. The van der Waals surface area contributed by atoms with Crippen LogP contribution < -0.4 is 0 Å². The van der Waals surface area contributed by atoms with E-state index in [1.54, 1.807) is 11.8 Å². The Morgan fingerprint density at radius 1 is 1.33 bits per heavy atom. The first-order valence-electron chi connectivity index (χ1n) is 4.96. The Morgan fingerprint density at radius 3 is 2.53 bits per heavy atom. The predicted molar refractivity (Wildman–Crippen MR) is 69.7 cm³/mol. The van der Waals surface area contributed by atoms with Crippen molar-refractivity contribution in [3.8, 4) is 0 Å². The second kappa shape index (κ2) is 5.71. The van der Waals surface area contributed by atoms with Crippen LogP contribution in [-0.4, -0.2) is 11.5 Å². The first-order chi connectivity index (χ1) is 7.04. The van der Waals surface area contributed by atoms with Gasteiger partial charge in [0, 0.05) is 20.2 Å². The molecule has 0 spiro atoms. The summed E-state index contributed by atoms with van der Waals surface area (Å²) in [5.41, 5.74) is 0.766. The molecule has 1 aromatic carbocycles. The quantitative estimate of drug-likeness (QED) is 0.603. The first-order valence-corrected chi connectivity index (χ1v) is 6.63. The second-order valence-corrected chi connectivity index (χ2v) is 6.20. The Kier molecular flexibility index (Phi) is 4.87. The number of hydrogen-bond acceptors (Lipinski definition) is 2. The Morgan fingerprint density at radius 2 is 2.00 bits per heavy atom. The molecular weight excluding hydrogens is 272 g/mol. The van der Waals surface area contributed by atoms with E-state index in [1.165, 1.54) is 0 Å². The zero-order chi connectivity index (χ0) is 11.4. The molecule has 0 bridgehead atoms. The van der Waals surface area contributed by atoms with E-state index in [9.17, 15) is 4.79 Å². The monoisotopic (exact) mass is 286 g/mol. The summed E-state index contributed by atoms with van der Waals surface area (Å²) in [7, 11) is 0. The van der Waals surface area contributed by atoms with Gasteiger partial charge in [0.15, 0.2) is 6.29 Å². The third kappa shape index (κ3) is 3.65. The van der Waals surface area contributed by atoms with Crippen molar-refractivity contribution < 1.29 is 4.79 Å². The number of carbonyl (C=O) groups is 1. The second-order valence-electron chi connectivity index (χ2n) is 3.87. The van der Waals surface area contributed by atoms with Crippen molar-refractivity contribution in [1.29, 1.82) is 0 Å². The highest BCUT2D eigenvalue weighted by Crippen LogP contribution is 2.31. The molecule has 0 aliphatic carbocycles. The van der Waals surface area contributed by atoms with E-state index in [0.29, 0.717) is 11.2 Å². The highest BCUT2D eigenvalue weighted by molar-refractivity contribution is 9.10. The lowest BCUT2D eigenvalue weighted by Crippen LogP contribution is -2.05. The van der Waals surface area contributed by atoms with Gasteiger partial charge in [0.25, 0.3) is 0 Å². The normalized spacial score (nSPS) is 12.9. The average molecular weight is 287 g/mol. The van der Waals surface area contributed by atoms with Crippen LogP contribution in [0.5, 0.6) is 0 Å². The highest BCUT2D eigenvalue weighted by Gasteiger charge is 2.11. The summed E-state index contributed by atoms with van der Waals surface area (Å²) < 4.78 is 0.950. The van der Waals surface area contributed by atoms with Crippen LogP contribution in [0.4, 0.5) is 0 Å². The molecule has 1 nitrogen and oxygen atoms in total. The van der Waals surface area contributed by atoms with E-state index in [2.05, 4.69) is 36.7 Å². The van der Waals surface area contributed by atoms with Gasteiger partial charge in [0.2, 0.25) is 0 Å². The van der Waals surface area contributed by atoms with Gasteiger partial charge in [-0.15, -0.1) is 11.8 Å². The maximum atomic E-state index is 10.9. The van der Waals surface area contributed by atoms with Crippen LogP contribution in [0.1, 0.15) is 31.1 Å². The maximum Gasteiger partial charge on any atom is 0.151 e. The minimum atomic E-state index is 0.518. The molecule has 0 amide bonds. The standard InChI is InChI=1S/C12H15BrOS/c1-8(2)9(3)15-12-5-4-11(13)6-10(12)7-14/h4-9H,1-3H3. The fourth-order valence-electron chi connectivity index (χ4n) is 1.06. The molecular formula is C12H15BrOS. The summed E-state index contributed by atoms with van der Waals surface area (Å²) in [4.78, 5) is 12.0. The van der Waals surface area contributed by atoms with Crippen LogP contribution in [-0.2, 0) is 0 Å². The van der Waals surface area contributed by atoms with E-state index in [-0.39, 0.29) is 0 Å². The van der Waals surface area contributed by atoms with Gasteiger partial charge < -0.3 is 0 Å². The van der Waals surface area contributed by atoms with Crippen LogP contribution >= 0.6 is 27.7 Å². The summed E-state index contributed by atoms with van der Waals surface area (Å²) >= 11 is 5.12. The number of halogens is 1. The molecule has 0 heterocycles. The first kappa shape index (κ1) is 12.8. The predicted octanol–water partition coefficient (Wildman–Crippen LogP) is 4.40. The zero-order valence-electron chi connectivity index (χ0n) is 9.16. The Labute approximate surface area is 104 Å². The van der Waals surface area contributed by atoms with Crippen molar-refractivity contribution in [3.05, 3.63) is 28.2 Å². The molecule has 1 aromatic rings. The topological polar surface area (TPSA) is 17.1 Å². The molecule has 0 aromatic heterocycles. The Balaban J connectivity index is 2.89. The summed E-state index contributed by atoms with van der Waals surface area (Å²) in [6.45, 7) is 6.57. The number of carbonyl (C=O) groups excluding carboxylic acids is 1. The minimum Gasteiger partial charge on any atom is -0.298 e. The zero-order valence-corrected chi connectivity index (χ0v) is 11.6. The van der Waals surface area contributed by atoms with Gasteiger partial charge in [-0.1, -0.05) is 36.7 Å². The lowest BCUT2D eigenvalue weighted by atomic mass is 10.2. The lowest BCUT2D eigenvalue weighted by Gasteiger charge is -2.15. The molecule has 1 atom stereocenters. The van der Waals surface area contributed by atoms with Crippen LogP contribution in [0, 0.1) is 5.92 Å². The summed E-state index contributed by atoms with van der Waals surface area (Å²) in [5, 5.41) is 0.518. The molecule has 0 aliphatic heterocycles. The molecule has 0 aliphatic rings. The number of benzene rings is 1. The van der Waals surface area contributed by atoms with Gasteiger partial charge in [0.1, 0.15) is 0 Å². The van der Waals surface area contributed by atoms with Crippen molar-refractivity contribution in [1.82, 2.24) is 0 Å². The molecule has 0 fully saturated rings. The number of thioether (sulfide) groups is 1. The molecule has 0 N–H and O–H groups in total.